The molecular weight excluding hydrogens is 354 g/mol. The van der Waals surface area contributed by atoms with Crippen LogP contribution in [0.1, 0.15) is 23.2 Å². The quantitative estimate of drug-likeness (QED) is 0.406. The Morgan fingerprint density at radius 3 is 2.65 bits per heavy atom. The van der Waals surface area contributed by atoms with Crippen molar-refractivity contribution in [2.24, 2.45) is 7.05 Å². The SMILES string of the molecule is CC(=O)Nc1ccc(OC(=O)c2ccc(CSc3nccn3C)o2)cc1. The number of furan rings is 1. The number of anilines is 1. The number of carbonyl (C=O) groups excluding carboxylic acids is 2. The van der Waals surface area contributed by atoms with Crippen LogP contribution in [-0.4, -0.2) is 21.4 Å². The van der Waals surface area contributed by atoms with Crippen molar-refractivity contribution in [1.82, 2.24) is 9.55 Å². The molecule has 3 rings (SSSR count). The Bertz CT molecular complexity index is 915. The van der Waals surface area contributed by atoms with Gasteiger partial charge in [0.1, 0.15) is 11.5 Å². The number of ether oxygens (including phenoxy) is 1. The number of rotatable bonds is 6. The van der Waals surface area contributed by atoms with Gasteiger partial charge in [0, 0.05) is 32.1 Å². The number of carbonyl (C=O) groups is 2. The number of nitrogens with one attached hydrogen (secondary N) is 1. The summed E-state index contributed by atoms with van der Waals surface area (Å²) in [5, 5.41) is 3.51. The molecule has 0 bridgehead atoms. The monoisotopic (exact) mass is 371 g/mol. The van der Waals surface area contributed by atoms with Crippen molar-refractivity contribution in [3.8, 4) is 5.75 Å². The summed E-state index contributed by atoms with van der Waals surface area (Å²) in [4.78, 5) is 27.4. The van der Waals surface area contributed by atoms with Gasteiger partial charge < -0.3 is 19.0 Å². The van der Waals surface area contributed by atoms with Gasteiger partial charge in [-0.2, -0.15) is 0 Å². The Balaban J connectivity index is 1.57. The van der Waals surface area contributed by atoms with E-state index in [0.717, 1.165) is 5.16 Å². The average molecular weight is 371 g/mol. The molecule has 0 unspecified atom stereocenters. The lowest BCUT2D eigenvalue weighted by molar-refractivity contribution is -0.114. The second-order valence-electron chi connectivity index (χ2n) is 5.47. The van der Waals surface area contributed by atoms with Crippen LogP contribution in [0.5, 0.6) is 5.75 Å². The molecule has 0 spiro atoms. The molecule has 0 aliphatic heterocycles. The van der Waals surface area contributed by atoms with Crippen molar-refractivity contribution in [2.75, 3.05) is 5.32 Å². The number of esters is 1. The maximum Gasteiger partial charge on any atom is 0.379 e. The first-order valence-corrected chi connectivity index (χ1v) is 8.78. The van der Waals surface area contributed by atoms with Gasteiger partial charge in [-0.05, 0) is 36.4 Å². The van der Waals surface area contributed by atoms with Crippen LogP contribution >= 0.6 is 11.8 Å². The highest BCUT2D eigenvalue weighted by Gasteiger charge is 2.14. The molecule has 0 fully saturated rings. The highest BCUT2D eigenvalue weighted by atomic mass is 32.2. The van der Waals surface area contributed by atoms with E-state index in [-0.39, 0.29) is 11.7 Å². The van der Waals surface area contributed by atoms with E-state index in [2.05, 4.69) is 10.3 Å². The normalized spacial score (nSPS) is 10.5. The number of imidazole rings is 1. The topological polar surface area (TPSA) is 86.4 Å². The van der Waals surface area contributed by atoms with Gasteiger partial charge in [0.05, 0.1) is 5.75 Å². The summed E-state index contributed by atoms with van der Waals surface area (Å²) in [5.74, 6) is 0.970. The molecule has 0 saturated carbocycles. The standard InChI is InChI=1S/C18H17N3O4S/c1-12(22)20-13-3-5-14(6-4-13)25-17(23)16-8-7-15(24-16)11-26-18-19-9-10-21(18)2/h3-10H,11H2,1-2H3,(H,20,22). The molecule has 1 aromatic carbocycles. The number of benzene rings is 1. The van der Waals surface area contributed by atoms with Crippen molar-refractivity contribution >= 4 is 29.3 Å². The van der Waals surface area contributed by atoms with Crippen LogP contribution in [0.4, 0.5) is 5.69 Å². The van der Waals surface area contributed by atoms with E-state index in [1.54, 1.807) is 42.6 Å². The van der Waals surface area contributed by atoms with Gasteiger partial charge >= 0.3 is 5.97 Å². The Morgan fingerprint density at radius 1 is 1.23 bits per heavy atom. The molecular formula is C18H17N3O4S. The second-order valence-corrected chi connectivity index (χ2v) is 6.41. The summed E-state index contributed by atoms with van der Waals surface area (Å²) in [7, 11) is 1.91. The van der Waals surface area contributed by atoms with Crippen molar-refractivity contribution in [2.45, 2.75) is 17.8 Å². The van der Waals surface area contributed by atoms with Gasteiger partial charge in [0.25, 0.3) is 0 Å². The molecule has 0 aliphatic carbocycles. The predicted octanol–water partition coefficient (Wildman–Crippen LogP) is 3.48. The summed E-state index contributed by atoms with van der Waals surface area (Å²) in [6.45, 7) is 1.43. The number of hydrogen-bond donors (Lipinski definition) is 1. The lowest BCUT2D eigenvalue weighted by Crippen LogP contribution is -2.08. The number of aromatic nitrogens is 2. The van der Waals surface area contributed by atoms with Crippen LogP contribution in [0.3, 0.4) is 0 Å². The zero-order valence-corrected chi connectivity index (χ0v) is 15.1. The highest BCUT2D eigenvalue weighted by molar-refractivity contribution is 7.98. The summed E-state index contributed by atoms with van der Waals surface area (Å²) in [5.41, 5.74) is 0.629. The Hall–Kier alpha value is -3.00. The minimum Gasteiger partial charge on any atom is -0.453 e. The summed E-state index contributed by atoms with van der Waals surface area (Å²) in [6, 6.07) is 9.84. The molecule has 0 radical (unpaired) electrons. The van der Waals surface area contributed by atoms with Crippen molar-refractivity contribution in [1.29, 1.82) is 0 Å². The van der Waals surface area contributed by atoms with Gasteiger partial charge in [-0.25, -0.2) is 9.78 Å². The molecule has 26 heavy (non-hydrogen) atoms. The van der Waals surface area contributed by atoms with E-state index >= 15 is 0 Å². The molecule has 2 heterocycles. The highest BCUT2D eigenvalue weighted by Crippen LogP contribution is 2.23. The molecule has 3 aromatic rings. The molecule has 0 atom stereocenters. The largest absolute Gasteiger partial charge is 0.453 e. The van der Waals surface area contributed by atoms with E-state index in [4.69, 9.17) is 9.15 Å². The molecule has 7 nitrogen and oxygen atoms in total. The first kappa shape index (κ1) is 17.8. The summed E-state index contributed by atoms with van der Waals surface area (Å²) >= 11 is 1.51. The third-order valence-corrected chi connectivity index (χ3v) is 4.45. The van der Waals surface area contributed by atoms with Crippen LogP contribution in [0.2, 0.25) is 0 Å². The Morgan fingerprint density at radius 2 is 2.00 bits per heavy atom. The third-order valence-electron chi connectivity index (χ3n) is 3.37. The van der Waals surface area contributed by atoms with Gasteiger partial charge in [-0.1, -0.05) is 11.8 Å². The van der Waals surface area contributed by atoms with E-state index in [0.29, 0.717) is 22.9 Å². The minimum absolute atomic E-state index is 0.131. The number of amides is 1. The van der Waals surface area contributed by atoms with E-state index in [1.807, 2.05) is 17.8 Å². The lowest BCUT2D eigenvalue weighted by Gasteiger charge is -2.05. The molecule has 0 aliphatic rings. The molecule has 134 valence electrons. The zero-order chi connectivity index (χ0) is 18.5. The smallest absolute Gasteiger partial charge is 0.379 e. The van der Waals surface area contributed by atoms with Crippen LogP contribution < -0.4 is 10.1 Å². The van der Waals surface area contributed by atoms with Crippen LogP contribution in [0, 0.1) is 0 Å². The molecule has 0 saturated heterocycles. The van der Waals surface area contributed by atoms with Crippen LogP contribution in [0.25, 0.3) is 0 Å². The maximum absolute atomic E-state index is 12.2. The fourth-order valence-electron chi connectivity index (χ4n) is 2.16. The van der Waals surface area contributed by atoms with Crippen LogP contribution in [-0.2, 0) is 17.6 Å². The van der Waals surface area contributed by atoms with E-state index < -0.39 is 5.97 Å². The fraction of sp³-hybridized carbons (Fsp3) is 0.167. The van der Waals surface area contributed by atoms with Gasteiger partial charge in [-0.15, -0.1) is 0 Å². The van der Waals surface area contributed by atoms with E-state index in [9.17, 15) is 9.59 Å². The number of nitrogens with zero attached hydrogens (tertiary/aromatic N) is 2. The number of hydrogen-bond acceptors (Lipinski definition) is 6. The number of thioether (sulfide) groups is 1. The minimum atomic E-state index is -0.578. The van der Waals surface area contributed by atoms with Gasteiger partial charge in [0.15, 0.2) is 5.16 Å². The predicted molar refractivity (Wildman–Crippen MR) is 97.2 cm³/mol. The number of aryl methyl sites for hydroxylation is 1. The van der Waals surface area contributed by atoms with Crippen molar-refractivity contribution < 1.29 is 18.7 Å². The van der Waals surface area contributed by atoms with Gasteiger partial charge in [-0.3, -0.25) is 4.79 Å². The fourth-order valence-corrected chi connectivity index (χ4v) is 2.99. The maximum atomic E-state index is 12.2. The molecule has 2 aromatic heterocycles. The Labute approximate surface area is 154 Å². The molecule has 8 heteroatoms. The molecule has 1 N–H and O–H groups in total. The first-order valence-electron chi connectivity index (χ1n) is 7.80. The zero-order valence-electron chi connectivity index (χ0n) is 14.3. The average Bonchev–Trinajstić information content (AvgIpc) is 3.23. The second kappa shape index (κ2) is 7.92. The summed E-state index contributed by atoms with van der Waals surface area (Å²) in [6.07, 6.45) is 3.59. The third kappa shape index (κ3) is 4.54. The van der Waals surface area contributed by atoms with Crippen molar-refractivity contribution in [3.63, 3.8) is 0 Å². The van der Waals surface area contributed by atoms with Crippen LogP contribution in [0.15, 0.2) is 58.4 Å². The Kier molecular flexibility index (Phi) is 5.43. The first-order chi connectivity index (χ1) is 12.5. The molecule has 1 amide bonds. The lowest BCUT2D eigenvalue weighted by atomic mass is 10.3. The van der Waals surface area contributed by atoms with E-state index in [1.165, 1.54) is 18.7 Å². The van der Waals surface area contributed by atoms with Crippen molar-refractivity contribution in [3.05, 3.63) is 60.3 Å². The van der Waals surface area contributed by atoms with Gasteiger partial charge in [0.2, 0.25) is 11.7 Å². The summed E-state index contributed by atoms with van der Waals surface area (Å²) < 4.78 is 12.7.